The molecule has 0 radical (unpaired) electrons. The lowest BCUT2D eigenvalue weighted by molar-refractivity contribution is -0.139. The molecule has 9 nitrogen and oxygen atoms in total. The lowest BCUT2D eigenvalue weighted by Crippen LogP contribution is -2.30. The van der Waals surface area contributed by atoms with Gasteiger partial charge >= 0.3 is 17.9 Å². The first-order valence-corrected chi connectivity index (χ1v) is 12.0. The van der Waals surface area contributed by atoms with Crippen molar-refractivity contribution in [1.29, 1.82) is 0 Å². The second-order valence-electron chi connectivity index (χ2n) is 7.50. The molecule has 0 aliphatic carbocycles. The molecule has 0 saturated carbocycles. The zero-order chi connectivity index (χ0) is 27.0. The summed E-state index contributed by atoms with van der Waals surface area (Å²) in [5.41, 5.74) is -0.708. The monoisotopic (exact) mass is 576 g/mol. The van der Waals surface area contributed by atoms with E-state index < -0.39 is 37.6 Å². The van der Waals surface area contributed by atoms with Crippen LogP contribution in [-0.4, -0.2) is 99.9 Å². The Labute approximate surface area is 222 Å². The number of rotatable bonds is 9. The summed E-state index contributed by atoms with van der Waals surface area (Å²) < 4.78 is -2.95. The number of carbonyl (C=O) groups is 3. The van der Waals surface area contributed by atoms with Crippen LogP contribution in [0, 0.1) is 5.41 Å². The van der Waals surface area contributed by atoms with Crippen LogP contribution in [0.25, 0.3) is 0 Å². The molecule has 0 bridgehead atoms. The van der Waals surface area contributed by atoms with Crippen molar-refractivity contribution >= 4 is 93.7 Å². The van der Waals surface area contributed by atoms with Crippen LogP contribution in [0.2, 0.25) is 0 Å². The van der Waals surface area contributed by atoms with Gasteiger partial charge in [0.25, 0.3) is 0 Å². The van der Waals surface area contributed by atoms with Gasteiger partial charge in [-0.3, -0.25) is 14.4 Å². The molecule has 6 N–H and O–H groups in total. The molecule has 194 valence electrons. The molecule has 0 aliphatic heterocycles. The lowest BCUT2D eigenvalue weighted by Gasteiger charge is -2.20. The van der Waals surface area contributed by atoms with E-state index in [-0.39, 0.29) is 37.1 Å². The fourth-order valence-corrected chi connectivity index (χ4v) is 0.759. The highest BCUT2D eigenvalue weighted by Crippen LogP contribution is 2.15. The smallest absolute Gasteiger partial charge is 0.320 e. The number of hydrogen-bond donors (Lipinski definition) is 12. The number of aliphatic carboxylic acids is 3. The number of carboxylic acid groups (broad SMARTS) is 3. The summed E-state index contributed by atoms with van der Waals surface area (Å²) in [4.78, 5) is 30.4. The Morgan fingerprint density at radius 3 is 0.719 bits per heavy atom. The van der Waals surface area contributed by atoms with Crippen molar-refractivity contribution in [2.45, 2.75) is 41.9 Å². The minimum atomic E-state index is -0.983. The van der Waals surface area contributed by atoms with Crippen molar-refractivity contribution in [2.75, 3.05) is 37.1 Å². The molecule has 0 aromatic rings. The average Bonchev–Trinajstić information content (AvgIpc) is 2.74. The minimum absolute atomic E-state index is 0.181. The summed E-state index contributed by atoms with van der Waals surface area (Å²) in [6.07, 6.45) is 0. The molecule has 0 aromatic carbocycles. The highest BCUT2D eigenvalue weighted by atomic mass is 32.1. The normalized spacial score (nSPS) is 16.0. The molecular weight excluding hydrogens is 541 g/mol. The molecule has 3 unspecified atom stereocenters. The van der Waals surface area contributed by atoms with E-state index in [1.807, 2.05) is 0 Å². The van der Waals surface area contributed by atoms with Crippen LogP contribution >= 0.6 is 75.8 Å². The Balaban J connectivity index is -0.000000163. The molecule has 0 spiro atoms. The molecule has 15 heteroatoms. The Morgan fingerprint density at radius 1 is 0.562 bits per heavy atom. The van der Waals surface area contributed by atoms with Crippen molar-refractivity contribution in [3.63, 3.8) is 0 Å². The highest BCUT2D eigenvalue weighted by molar-refractivity contribution is 7.86. The standard InChI is InChI=1S/C5H12O3.3C4H8O2S2/c1-5(2-6,3-7)4-8;3*1-4(8,2-7)3(5)6/h6-8H,2-4H2,1H3;3*7-8H,2H2,1H3,(H,5,6). The van der Waals surface area contributed by atoms with E-state index in [0.29, 0.717) is 0 Å². The summed E-state index contributed by atoms with van der Waals surface area (Å²) in [5, 5.41) is 50.3. The van der Waals surface area contributed by atoms with E-state index in [4.69, 9.17) is 30.6 Å². The van der Waals surface area contributed by atoms with E-state index in [1.54, 1.807) is 6.92 Å². The molecule has 0 aliphatic rings. The van der Waals surface area contributed by atoms with Gasteiger partial charge in [0.1, 0.15) is 14.2 Å². The van der Waals surface area contributed by atoms with Crippen molar-refractivity contribution in [1.82, 2.24) is 0 Å². The molecule has 3 atom stereocenters. The average molecular weight is 577 g/mol. The number of aliphatic hydroxyl groups excluding tert-OH is 3. The number of hydrogen-bond acceptors (Lipinski definition) is 12. The van der Waals surface area contributed by atoms with Crippen LogP contribution in [0.4, 0.5) is 0 Å². The third-order valence-corrected chi connectivity index (χ3v) is 7.14. The Hall–Kier alpha value is 0.390. The van der Waals surface area contributed by atoms with Gasteiger partial charge in [0, 0.05) is 22.7 Å². The highest BCUT2D eigenvalue weighted by Gasteiger charge is 2.27. The van der Waals surface area contributed by atoms with Gasteiger partial charge < -0.3 is 30.6 Å². The molecule has 0 heterocycles. The first-order valence-electron chi connectivity index (χ1n) is 8.72. The summed E-state index contributed by atoms with van der Waals surface area (Å²) >= 11 is 22.8. The lowest BCUT2D eigenvalue weighted by atomic mass is 9.95. The minimum Gasteiger partial charge on any atom is -0.480 e. The van der Waals surface area contributed by atoms with E-state index in [2.05, 4.69) is 75.8 Å². The topological polar surface area (TPSA) is 173 Å². The molecule has 0 rings (SSSR count). The zero-order valence-corrected chi connectivity index (χ0v) is 23.7. The first kappa shape index (κ1) is 39.6. The van der Waals surface area contributed by atoms with Gasteiger partial charge in [-0.25, -0.2) is 0 Å². The van der Waals surface area contributed by atoms with Crippen LogP contribution in [0.1, 0.15) is 27.7 Å². The van der Waals surface area contributed by atoms with Crippen LogP contribution in [0.5, 0.6) is 0 Å². The predicted molar refractivity (Wildman–Crippen MR) is 146 cm³/mol. The molecule has 0 fully saturated rings. The maximum atomic E-state index is 10.1. The quantitative estimate of drug-likeness (QED) is 0.179. The van der Waals surface area contributed by atoms with Gasteiger partial charge in [-0.1, -0.05) is 6.92 Å². The molecular formula is C17H36O9S6. The van der Waals surface area contributed by atoms with E-state index in [9.17, 15) is 14.4 Å². The number of carboxylic acids is 3. The zero-order valence-electron chi connectivity index (χ0n) is 18.3. The maximum Gasteiger partial charge on any atom is 0.320 e. The Morgan fingerprint density at radius 2 is 0.719 bits per heavy atom. The summed E-state index contributed by atoms with van der Waals surface area (Å²) in [6, 6.07) is 0. The van der Waals surface area contributed by atoms with Gasteiger partial charge in [0.15, 0.2) is 0 Å². The molecule has 0 aromatic heterocycles. The molecule has 0 saturated heterocycles. The third-order valence-electron chi connectivity index (χ3n) is 3.45. The third kappa shape index (κ3) is 19.8. The van der Waals surface area contributed by atoms with Gasteiger partial charge in [0.2, 0.25) is 0 Å². The van der Waals surface area contributed by atoms with E-state index in [1.165, 1.54) is 20.8 Å². The maximum absolute atomic E-state index is 10.1. The van der Waals surface area contributed by atoms with Crippen molar-refractivity contribution in [2.24, 2.45) is 5.41 Å². The SMILES string of the molecule is CC(CO)(CO)CO.CC(S)(CS)C(=O)O.CC(S)(CS)C(=O)O.CC(S)(CS)C(=O)O. The summed E-state index contributed by atoms with van der Waals surface area (Å²) in [7, 11) is 0. The number of aliphatic hydroxyl groups is 3. The first-order chi connectivity index (χ1) is 14.2. The number of thiol groups is 6. The fraction of sp³-hybridized carbons (Fsp3) is 0.824. The van der Waals surface area contributed by atoms with Crippen LogP contribution in [0.3, 0.4) is 0 Å². The van der Waals surface area contributed by atoms with E-state index >= 15 is 0 Å². The second kappa shape index (κ2) is 18.7. The summed E-state index contributed by atoms with van der Waals surface area (Å²) in [5.74, 6) is -2.08. The van der Waals surface area contributed by atoms with Gasteiger partial charge in [-0.15, -0.1) is 0 Å². The summed E-state index contributed by atoms with van der Waals surface area (Å²) in [6.45, 7) is 5.58. The van der Waals surface area contributed by atoms with Crippen LogP contribution < -0.4 is 0 Å². The molecule has 0 amide bonds. The van der Waals surface area contributed by atoms with E-state index in [0.717, 1.165) is 0 Å². The van der Waals surface area contributed by atoms with Gasteiger partial charge in [0.05, 0.1) is 19.8 Å². The largest absolute Gasteiger partial charge is 0.480 e. The Kier molecular flexibility index (Phi) is 23.1. The molecule has 32 heavy (non-hydrogen) atoms. The van der Waals surface area contributed by atoms with Crippen molar-refractivity contribution < 1.29 is 45.0 Å². The van der Waals surface area contributed by atoms with Gasteiger partial charge in [-0.2, -0.15) is 75.8 Å². The second-order valence-corrected chi connectivity index (χ2v) is 11.4. The van der Waals surface area contributed by atoms with Gasteiger partial charge in [-0.05, 0) is 20.8 Å². The van der Waals surface area contributed by atoms with Crippen LogP contribution in [-0.2, 0) is 14.4 Å². The van der Waals surface area contributed by atoms with Crippen LogP contribution in [0.15, 0.2) is 0 Å². The predicted octanol–water partition coefficient (Wildman–Crippen LogP) is 1.04. The fourth-order valence-electron chi connectivity index (χ4n) is 0.353. The van der Waals surface area contributed by atoms with Crippen molar-refractivity contribution in [3.05, 3.63) is 0 Å². The van der Waals surface area contributed by atoms with Crippen molar-refractivity contribution in [3.8, 4) is 0 Å². The Bertz CT molecular complexity index is 483.